The molecule has 13 heavy (non-hydrogen) atoms. The largest absolute Gasteiger partial charge is 0.490 e. The van der Waals surface area contributed by atoms with E-state index in [1.165, 1.54) is 11.1 Å². The van der Waals surface area contributed by atoms with Crippen molar-refractivity contribution in [2.45, 2.75) is 25.9 Å². The number of nitrogens with two attached hydrogens (primary N) is 1. The second-order valence-electron chi connectivity index (χ2n) is 3.63. The van der Waals surface area contributed by atoms with E-state index in [9.17, 15) is 0 Å². The van der Waals surface area contributed by atoms with E-state index in [0.29, 0.717) is 12.6 Å². The molecular weight excluding hydrogens is 162 g/mol. The number of aryl methyl sites for hydroxylation is 1. The molecule has 2 nitrogen and oxygen atoms in total. The molecule has 2 N–H and O–H groups in total. The molecule has 0 bridgehead atoms. The van der Waals surface area contributed by atoms with E-state index < -0.39 is 0 Å². The molecule has 1 aliphatic rings. The maximum absolute atomic E-state index is 5.75. The van der Waals surface area contributed by atoms with Gasteiger partial charge in [0.05, 0.1) is 0 Å². The van der Waals surface area contributed by atoms with Crippen LogP contribution >= 0.6 is 0 Å². The molecule has 0 spiro atoms. The Morgan fingerprint density at radius 2 is 2.38 bits per heavy atom. The molecule has 0 aromatic heterocycles. The van der Waals surface area contributed by atoms with Crippen LogP contribution < -0.4 is 10.5 Å². The predicted octanol–water partition coefficient (Wildman–Crippen LogP) is 1.65. The lowest BCUT2D eigenvalue weighted by Crippen LogP contribution is -2.17. The smallest absolute Gasteiger partial charge is 0.123 e. The van der Waals surface area contributed by atoms with Gasteiger partial charge >= 0.3 is 0 Å². The Balaban J connectivity index is 2.16. The van der Waals surface area contributed by atoms with Crippen molar-refractivity contribution in [2.24, 2.45) is 5.73 Å². The number of rotatable bonds is 2. The molecular formula is C11H15NO. The summed E-state index contributed by atoms with van der Waals surface area (Å²) in [6.07, 6.45) is 2.28. The summed E-state index contributed by atoms with van der Waals surface area (Å²) < 4.78 is 5.75. The Morgan fingerprint density at radius 3 is 3.15 bits per heavy atom. The van der Waals surface area contributed by atoms with Gasteiger partial charge in [-0.15, -0.1) is 0 Å². The van der Waals surface area contributed by atoms with Crippen molar-refractivity contribution in [1.29, 1.82) is 0 Å². The molecule has 1 aliphatic heterocycles. The normalized spacial score (nSPS) is 19.7. The quantitative estimate of drug-likeness (QED) is 0.745. The van der Waals surface area contributed by atoms with Crippen LogP contribution in [0.1, 0.15) is 17.5 Å². The minimum absolute atomic E-state index is 0.307. The fraction of sp³-hybridized carbons (Fsp3) is 0.455. The molecule has 0 fully saturated rings. The van der Waals surface area contributed by atoms with Crippen LogP contribution in [0, 0.1) is 6.92 Å². The molecule has 1 heterocycles. The zero-order valence-electron chi connectivity index (χ0n) is 7.92. The Bertz CT molecular complexity index is 309. The lowest BCUT2D eigenvalue weighted by molar-refractivity contribution is 0.224. The van der Waals surface area contributed by atoms with Crippen LogP contribution in [-0.4, -0.2) is 12.6 Å². The third kappa shape index (κ3) is 1.68. The topological polar surface area (TPSA) is 35.2 Å². The molecule has 2 rings (SSSR count). The summed E-state index contributed by atoms with van der Waals surface area (Å²) in [6, 6.07) is 6.39. The van der Waals surface area contributed by atoms with E-state index in [0.717, 1.165) is 18.6 Å². The Labute approximate surface area is 78.7 Å². The van der Waals surface area contributed by atoms with Crippen LogP contribution in [0.15, 0.2) is 18.2 Å². The highest BCUT2D eigenvalue weighted by atomic mass is 16.5. The van der Waals surface area contributed by atoms with Crippen molar-refractivity contribution in [3.63, 3.8) is 0 Å². The summed E-state index contributed by atoms with van der Waals surface area (Å²) >= 11 is 0. The molecule has 1 aromatic rings. The number of ether oxygens (including phenoxy) is 1. The molecule has 0 aliphatic carbocycles. The van der Waals surface area contributed by atoms with Gasteiger partial charge in [0.2, 0.25) is 0 Å². The van der Waals surface area contributed by atoms with Gasteiger partial charge < -0.3 is 10.5 Å². The molecule has 1 unspecified atom stereocenters. The van der Waals surface area contributed by atoms with Gasteiger partial charge in [-0.2, -0.15) is 0 Å². The number of fused-ring (bicyclic) bond motifs is 1. The predicted molar refractivity (Wildman–Crippen MR) is 53.0 cm³/mol. The van der Waals surface area contributed by atoms with Crippen molar-refractivity contribution in [3.05, 3.63) is 29.3 Å². The molecule has 0 amide bonds. The summed E-state index contributed by atoms with van der Waals surface area (Å²) in [5, 5.41) is 0. The van der Waals surface area contributed by atoms with Gasteiger partial charge in [-0.1, -0.05) is 12.1 Å². The monoisotopic (exact) mass is 177 g/mol. The SMILES string of the molecule is Cc1ccc2c(c1)OC(CCN)C2. The first-order valence-corrected chi connectivity index (χ1v) is 4.76. The summed E-state index contributed by atoms with van der Waals surface area (Å²) in [5.41, 5.74) is 8.07. The summed E-state index contributed by atoms with van der Waals surface area (Å²) in [4.78, 5) is 0. The van der Waals surface area contributed by atoms with Crippen molar-refractivity contribution >= 4 is 0 Å². The highest BCUT2D eigenvalue weighted by molar-refractivity contribution is 5.40. The first-order chi connectivity index (χ1) is 6.29. The van der Waals surface area contributed by atoms with E-state index in [4.69, 9.17) is 10.5 Å². The molecule has 2 heteroatoms. The van der Waals surface area contributed by atoms with E-state index in [2.05, 4.69) is 25.1 Å². The minimum atomic E-state index is 0.307. The van der Waals surface area contributed by atoms with E-state index in [-0.39, 0.29) is 0 Å². The first kappa shape index (κ1) is 8.57. The second kappa shape index (κ2) is 3.38. The summed E-state index contributed by atoms with van der Waals surface area (Å²) in [5.74, 6) is 1.05. The van der Waals surface area contributed by atoms with Crippen LogP contribution in [0.2, 0.25) is 0 Å². The van der Waals surface area contributed by atoms with Crippen LogP contribution in [0.4, 0.5) is 0 Å². The fourth-order valence-corrected chi connectivity index (χ4v) is 1.75. The van der Waals surface area contributed by atoms with Crippen molar-refractivity contribution in [1.82, 2.24) is 0 Å². The van der Waals surface area contributed by atoms with Gasteiger partial charge in [-0.3, -0.25) is 0 Å². The summed E-state index contributed by atoms with van der Waals surface area (Å²) in [6.45, 7) is 2.79. The third-order valence-electron chi connectivity index (χ3n) is 2.45. The zero-order chi connectivity index (χ0) is 9.26. The van der Waals surface area contributed by atoms with Gasteiger partial charge in [0.25, 0.3) is 0 Å². The van der Waals surface area contributed by atoms with E-state index >= 15 is 0 Å². The van der Waals surface area contributed by atoms with Gasteiger partial charge in [0.15, 0.2) is 0 Å². The van der Waals surface area contributed by atoms with Crippen molar-refractivity contribution < 1.29 is 4.74 Å². The first-order valence-electron chi connectivity index (χ1n) is 4.76. The van der Waals surface area contributed by atoms with Gasteiger partial charge in [0, 0.05) is 6.42 Å². The zero-order valence-corrected chi connectivity index (χ0v) is 7.92. The lowest BCUT2D eigenvalue weighted by Gasteiger charge is -2.07. The Hall–Kier alpha value is -1.02. The lowest BCUT2D eigenvalue weighted by atomic mass is 10.1. The number of benzene rings is 1. The standard InChI is InChI=1S/C11H15NO/c1-8-2-3-9-7-10(4-5-12)13-11(9)6-8/h2-3,6,10H,4-5,7,12H2,1H3. The fourth-order valence-electron chi connectivity index (χ4n) is 1.75. The van der Waals surface area contributed by atoms with Crippen LogP contribution in [0.5, 0.6) is 5.75 Å². The van der Waals surface area contributed by atoms with E-state index in [1.54, 1.807) is 0 Å². The van der Waals surface area contributed by atoms with Crippen LogP contribution in [-0.2, 0) is 6.42 Å². The maximum Gasteiger partial charge on any atom is 0.123 e. The molecule has 0 saturated carbocycles. The third-order valence-corrected chi connectivity index (χ3v) is 2.45. The Morgan fingerprint density at radius 1 is 1.54 bits per heavy atom. The van der Waals surface area contributed by atoms with Crippen LogP contribution in [0.25, 0.3) is 0 Å². The highest BCUT2D eigenvalue weighted by Gasteiger charge is 2.21. The average molecular weight is 177 g/mol. The van der Waals surface area contributed by atoms with E-state index in [1.807, 2.05) is 0 Å². The minimum Gasteiger partial charge on any atom is -0.490 e. The van der Waals surface area contributed by atoms with Crippen molar-refractivity contribution in [2.75, 3.05) is 6.54 Å². The summed E-state index contributed by atoms with van der Waals surface area (Å²) in [7, 11) is 0. The molecule has 1 aromatic carbocycles. The maximum atomic E-state index is 5.75. The average Bonchev–Trinajstić information content (AvgIpc) is 2.46. The van der Waals surface area contributed by atoms with Crippen molar-refractivity contribution in [3.8, 4) is 5.75 Å². The molecule has 0 radical (unpaired) electrons. The van der Waals surface area contributed by atoms with Crippen LogP contribution in [0.3, 0.4) is 0 Å². The number of hydrogen-bond donors (Lipinski definition) is 1. The van der Waals surface area contributed by atoms with Gasteiger partial charge in [-0.25, -0.2) is 0 Å². The number of hydrogen-bond acceptors (Lipinski definition) is 2. The highest BCUT2D eigenvalue weighted by Crippen LogP contribution is 2.30. The van der Waals surface area contributed by atoms with Gasteiger partial charge in [0.1, 0.15) is 11.9 Å². The second-order valence-corrected chi connectivity index (χ2v) is 3.63. The molecule has 1 atom stereocenters. The Kier molecular flexibility index (Phi) is 2.23. The molecule has 70 valence electrons. The molecule has 0 saturated heterocycles. The van der Waals surface area contributed by atoms with Gasteiger partial charge in [-0.05, 0) is 37.1 Å².